The lowest BCUT2D eigenvalue weighted by molar-refractivity contribution is -0.116. The van der Waals surface area contributed by atoms with Gasteiger partial charge in [-0.1, -0.05) is 0 Å². The van der Waals surface area contributed by atoms with E-state index in [1.807, 2.05) is 31.2 Å². The molecule has 0 saturated heterocycles. The third kappa shape index (κ3) is 4.30. The van der Waals surface area contributed by atoms with Crippen LogP contribution in [0.5, 0.6) is 5.75 Å². The maximum Gasteiger partial charge on any atom is 0.277 e. The third-order valence-corrected chi connectivity index (χ3v) is 4.58. The van der Waals surface area contributed by atoms with Crippen LogP contribution in [0.4, 0.5) is 14.5 Å². The van der Waals surface area contributed by atoms with Crippen molar-refractivity contribution in [2.75, 3.05) is 11.9 Å². The van der Waals surface area contributed by atoms with E-state index in [0.29, 0.717) is 17.8 Å². The Bertz CT molecular complexity index is 1310. The van der Waals surface area contributed by atoms with Crippen molar-refractivity contribution in [1.29, 1.82) is 0 Å². The first kappa shape index (κ1) is 20.3. The number of aromatic nitrogens is 3. The topological polar surface area (TPSA) is 77.6 Å². The number of carbonyl (C=O) groups is 1. The van der Waals surface area contributed by atoms with E-state index in [1.165, 1.54) is 21.3 Å². The molecule has 4 rings (SSSR count). The molecule has 4 aromatic rings. The Morgan fingerprint density at radius 3 is 2.55 bits per heavy atom. The van der Waals surface area contributed by atoms with E-state index in [1.54, 1.807) is 12.3 Å². The van der Waals surface area contributed by atoms with Gasteiger partial charge in [-0.25, -0.2) is 13.3 Å². The molecule has 0 aliphatic heterocycles. The van der Waals surface area contributed by atoms with Crippen LogP contribution in [0.25, 0.3) is 16.8 Å². The van der Waals surface area contributed by atoms with E-state index in [0.717, 1.165) is 23.4 Å². The number of ether oxygens (including phenoxy) is 1. The number of anilines is 1. The number of benzene rings is 2. The zero-order valence-corrected chi connectivity index (χ0v) is 16.5. The highest BCUT2D eigenvalue weighted by Crippen LogP contribution is 2.22. The lowest BCUT2D eigenvalue weighted by Crippen LogP contribution is -2.28. The van der Waals surface area contributed by atoms with Gasteiger partial charge in [0.1, 0.15) is 17.8 Å². The molecule has 0 spiro atoms. The molecule has 2 aromatic heterocycles. The molecule has 0 bridgehead atoms. The highest BCUT2D eigenvalue weighted by molar-refractivity contribution is 5.90. The van der Waals surface area contributed by atoms with Crippen molar-refractivity contribution in [3.8, 4) is 17.0 Å². The van der Waals surface area contributed by atoms with Gasteiger partial charge in [-0.2, -0.15) is 5.10 Å². The van der Waals surface area contributed by atoms with E-state index in [-0.39, 0.29) is 12.2 Å². The van der Waals surface area contributed by atoms with Crippen LogP contribution < -0.4 is 15.6 Å². The zero-order chi connectivity index (χ0) is 22.0. The molecule has 31 heavy (non-hydrogen) atoms. The van der Waals surface area contributed by atoms with Crippen LogP contribution in [0.1, 0.15) is 6.92 Å². The number of carbonyl (C=O) groups excluding carboxylic acids is 1. The van der Waals surface area contributed by atoms with E-state index in [9.17, 15) is 18.4 Å². The van der Waals surface area contributed by atoms with Gasteiger partial charge in [0.05, 0.1) is 12.3 Å². The van der Waals surface area contributed by atoms with Crippen molar-refractivity contribution in [2.24, 2.45) is 0 Å². The standard InChI is InChI=1S/C22H18F2N4O3/c1-2-31-16-6-3-14(4-7-16)19-12-20-22(30)27(9-10-28(20)26-19)13-21(29)25-15-5-8-17(23)18(24)11-15/h3-12H,2,13H2,1H3,(H,25,29). The highest BCUT2D eigenvalue weighted by atomic mass is 19.2. The van der Waals surface area contributed by atoms with Gasteiger partial charge in [0, 0.05) is 29.7 Å². The summed E-state index contributed by atoms with van der Waals surface area (Å²) in [6.45, 7) is 2.17. The lowest BCUT2D eigenvalue weighted by Gasteiger charge is -2.08. The Hall–Kier alpha value is -4.01. The fraction of sp³-hybridized carbons (Fsp3) is 0.136. The van der Waals surface area contributed by atoms with Gasteiger partial charge in [0.15, 0.2) is 11.6 Å². The summed E-state index contributed by atoms with van der Waals surface area (Å²) in [6.07, 6.45) is 3.01. The summed E-state index contributed by atoms with van der Waals surface area (Å²) in [5.74, 6) is -1.89. The molecule has 0 atom stereocenters. The Morgan fingerprint density at radius 1 is 1.06 bits per heavy atom. The number of rotatable bonds is 6. The Balaban J connectivity index is 1.55. The van der Waals surface area contributed by atoms with Crippen LogP contribution in [0, 0.1) is 11.6 Å². The highest BCUT2D eigenvalue weighted by Gasteiger charge is 2.12. The van der Waals surface area contributed by atoms with Gasteiger partial charge in [-0.15, -0.1) is 0 Å². The van der Waals surface area contributed by atoms with Gasteiger partial charge in [-0.3, -0.25) is 9.59 Å². The second-order valence-corrected chi connectivity index (χ2v) is 6.73. The van der Waals surface area contributed by atoms with E-state index >= 15 is 0 Å². The minimum absolute atomic E-state index is 0.0974. The average molecular weight is 424 g/mol. The molecular weight excluding hydrogens is 406 g/mol. The molecule has 7 nitrogen and oxygen atoms in total. The smallest absolute Gasteiger partial charge is 0.277 e. The summed E-state index contributed by atoms with van der Waals surface area (Å²) < 4.78 is 34.4. The SMILES string of the molecule is CCOc1ccc(-c2cc3c(=O)n(CC(=O)Nc4ccc(F)c(F)c4)ccn3n2)cc1. The summed E-state index contributed by atoms with van der Waals surface area (Å²) in [4.78, 5) is 25.0. The Morgan fingerprint density at radius 2 is 1.84 bits per heavy atom. The molecule has 0 aliphatic carbocycles. The van der Waals surface area contributed by atoms with Gasteiger partial charge in [-0.05, 0) is 49.4 Å². The number of nitrogens with zero attached hydrogens (tertiary/aromatic N) is 3. The van der Waals surface area contributed by atoms with Crippen LogP contribution in [0.15, 0.2) is 65.7 Å². The fourth-order valence-electron chi connectivity index (χ4n) is 3.11. The van der Waals surface area contributed by atoms with Gasteiger partial charge < -0.3 is 14.6 Å². The Kier molecular flexibility index (Phi) is 5.48. The first-order valence-electron chi connectivity index (χ1n) is 9.51. The lowest BCUT2D eigenvalue weighted by atomic mass is 10.1. The molecule has 0 fully saturated rings. The minimum atomic E-state index is -1.07. The number of hydrogen-bond donors (Lipinski definition) is 1. The second kappa shape index (κ2) is 8.39. The maximum absolute atomic E-state index is 13.3. The van der Waals surface area contributed by atoms with Gasteiger partial charge >= 0.3 is 0 Å². The van der Waals surface area contributed by atoms with E-state index < -0.39 is 23.1 Å². The molecule has 0 saturated carbocycles. The predicted octanol–water partition coefficient (Wildman–Crippen LogP) is 3.48. The van der Waals surface area contributed by atoms with Crippen molar-refractivity contribution in [2.45, 2.75) is 13.5 Å². The minimum Gasteiger partial charge on any atom is -0.494 e. The van der Waals surface area contributed by atoms with Crippen molar-refractivity contribution in [3.63, 3.8) is 0 Å². The molecule has 0 radical (unpaired) electrons. The monoisotopic (exact) mass is 424 g/mol. The first-order valence-corrected chi connectivity index (χ1v) is 9.51. The first-order chi connectivity index (χ1) is 14.9. The third-order valence-electron chi connectivity index (χ3n) is 4.58. The van der Waals surface area contributed by atoms with Crippen LogP contribution in [0.2, 0.25) is 0 Å². The maximum atomic E-state index is 13.3. The van der Waals surface area contributed by atoms with Crippen molar-refractivity contribution in [3.05, 3.63) is 82.9 Å². The molecule has 0 aliphatic rings. The summed E-state index contributed by atoms with van der Waals surface area (Å²) in [6, 6.07) is 12.0. The number of fused-ring (bicyclic) bond motifs is 1. The Labute approximate surface area is 175 Å². The summed E-state index contributed by atoms with van der Waals surface area (Å²) in [5.41, 5.74) is 1.40. The van der Waals surface area contributed by atoms with Gasteiger partial charge in [0.25, 0.3) is 5.56 Å². The fourth-order valence-corrected chi connectivity index (χ4v) is 3.11. The number of amides is 1. The summed E-state index contributed by atoms with van der Waals surface area (Å²) in [7, 11) is 0. The summed E-state index contributed by atoms with van der Waals surface area (Å²) >= 11 is 0. The average Bonchev–Trinajstić information content (AvgIpc) is 3.19. The van der Waals surface area contributed by atoms with E-state index in [4.69, 9.17) is 4.74 Å². The van der Waals surface area contributed by atoms with Crippen molar-refractivity contribution < 1.29 is 18.3 Å². The van der Waals surface area contributed by atoms with E-state index in [2.05, 4.69) is 10.4 Å². The molecule has 0 unspecified atom stereocenters. The van der Waals surface area contributed by atoms with Crippen LogP contribution in [-0.4, -0.2) is 26.7 Å². The van der Waals surface area contributed by atoms with Crippen LogP contribution in [0.3, 0.4) is 0 Å². The number of nitrogens with one attached hydrogen (secondary N) is 1. The summed E-state index contributed by atoms with van der Waals surface area (Å²) in [5, 5.41) is 6.85. The number of hydrogen-bond acceptors (Lipinski definition) is 4. The number of halogens is 2. The molecule has 1 N–H and O–H groups in total. The zero-order valence-electron chi connectivity index (χ0n) is 16.5. The quantitative estimate of drug-likeness (QED) is 0.514. The molecule has 158 valence electrons. The van der Waals surface area contributed by atoms with Crippen molar-refractivity contribution >= 4 is 17.1 Å². The normalized spacial score (nSPS) is 10.9. The van der Waals surface area contributed by atoms with Crippen LogP contribution >= 0.6 is 0 Å². The predicted molar refractivity (Wildman–Crippen MR) is 111 cm³/mol. The molecule has 2 heterocycles. The van der Waals surface area contributed by atoms with Gasteiger partial charge in [0.2, 0.25) is 5.91 Å². The molecular formula is C22H18F2N4O3. The van der Waals surface area contributed by atoms with Crippen molar-refractivity contribution in [1.82, 2.24) is 14.2 Å². The molecule has 2 aromatic carbocycles. The second-order valence-electron chi connectivity index (χ2n) is 6.73. The molecule has 1 amide bonds. The largest absolute Gasteiger partial charge is 0.494 e. The van der Waals surface area contributed by atoms with Crippen LogP contribution in [-0.2, 0) is 11.3 Å². The molecule has 9 heteroatoms.